The Morgan fingerprint density at radius 3 is 2.62 bits per heavy atom. The van der Waals surface area contributed by atoms with Gasteiger partial charge in [0.25, 0.3) is 0 Å². The molecule has 4 rings (SSSR count). The molecule has 0 spiro atoms. The van der Waals surface area contributed by atoms with Gasteiger partial charge in [-0.3, -0.25) is 4.79 Å². The molecule has 2 aromatic carbocycles. The van der Waals surface area contributed by atoms with Crippen LogP contribution in [0.25, 0.3) is 17.0 Å². The number of carboxylic acid groups (broad SMARTS) is 1. The van der Waals surface area contributed by atoms with Gasteiger partial charge in [0.15, 0.2) is 6.10 Å². The highest BCUT2D eigenvalue weighted by Crippen LogP contribution is 2.25. The summed E-state index contributed by atoms with van der Waals surface area (Å²) in [6.45, 7) is 1.99. The van der Waals surface area contributed by atoms with E-state index in [1.807, 2.05) is 83.1 Å². The fourth-order valence-corrected chi connectivity index (χ4v) is 3.83. The van der Waals surface area contributed by atoms with Crippen molar-refractivity contribution in [2.24, 2.45) is 7.05 Å². The third kappa shape index (κ3) is 4.73. The number of carboxylic acids is 1. The fourth-order valence-electron chi connectivity index (χ4n) is 3.83. The molecule has 2 aromatic heterocycles. The summed E-state index contributed by atoms with van der Waals surface area (Å²) in [5.41, 5.74) is 3.03. The van der Waals surface area contributed by atoms with E-state index < -0.39 is 12.1 Å². The molecule has 1 N–H and O–H groups in total. The Kier molecular flexibility index (Phi) is 6.54. The number of allylic oxidation sites excluding steroid dienone is 1. The molecular formula is C27H26N2O5. The van der Waals surface area contributed by atoms with Crippen molar-refractivity contribution in [3.8, 4) is 11.5 Å². The van der Waals surface area contributed by atoms with Gasteiger partial charge in [-0.1, -0.05) is 24.3 Å². The number of aromatic nitrogens is 2. The molecule has 0 bridgehead atoms. The van der Waals surface area contributed by atoms with E-state index in [1.54, 1.807) is 19.2 Å². The zero-order chi connectivity index (χ0) is 24.2. The zero-order valence-corrected chi connectivity index (χ0v) is 19.3. The monoisotopic (exact) mass is 458 g/mol. The Hall–Kier alpha value is -4.26. The lowest BCUT2D eigenvalue weighted by Crippen LogP contribution is -2.22. The quantitative estimate of drug-likeness (QED) is 0.365. The minimum absolute atomic E-state index is 0.0610. The van der Waals surface area contributed by atoms with E-state index in [2.05, 4.69) is 0 Å². The van der Waals surface area contributed by atoms with Crippen molar-refractivity contribution < 1.29 is 24.2 Å². The number of hydrogen-bond donors (Lipinski definition) is 1. The van der Waals surface area contributed by atoms with Crippen molar-refractivity contribution in [3.05, 3.63) is 89.9 Å². The largest absolute Gasteiger partial charge is 0.497 e. The smallest absolute Gasteiger partial charge is 0.344 e. The summed E-state index contributed by atoms with van der Waals surface area (Å²) in [6, 6.07) is 18.5. The first-order valence-corrected chi connectivity index (χ1v) is 10.9. The van der Waals surface area contributed by atoms with E-state index in [0.29, 0.717) is 23.7 Å². The summed E-state index contributed by atoms with van der Waals surface area (Å²) >= 11 is 0. The van der Waals surface area contributed by atoms with E-state index in [-0.39, 0.29) is 5.78 Å². The molecule has 174 valence electrons. The van der Waals surface area contributed by atoms with E-state index >= 15 is 0 Å². The molecule has 1 atom stereocenters. The average molecular weight is 459 g/mol. The average Bonchev–Trinajstić information content (AvgIpc) is 3.43. The molecule has 0 aliphatic heterocycles. The van der Waals surface area contributed by atoms with Crippen LogP contribution in [0.4, 0.5) is 0 Å². The first kappa shape index (κ1) is 22.9. The van der Waals surface area contributed by atoms with E-state index in [1.165, 1.54) is 6.92 Å². The van der Waals surface area contributed by atoms with E-state index in [9.17, 15) is 9.59 Å². The van der Waals surface area contributed by atoms with E-state index in [4.69, 9.17) is 14.6 Å². The molecule has 4 aromatic rings. The molecule has 0 radical (unpaired) electrons. The van der Waals surface area contributed by atoms with Crippen molar-refractivity contribution in [1.82, 2.24) is 9.13 Å². The van der Waals surface area contributed by atoms with Crippen molar-refractivity contribution in [2.45, 2.75) is 19.6 Å². The summed E-state index contributed by atoms with van der Waals surface area (Å²) < 4.78 is 14.5. The highest BCUT2D eigenvalue weighted by Gasteiger charge is 2.18. The lowest BCUT2D eigenvalue weighted by Gasteiger charge is -2.10. The molecule has 7 heteroatoms. The number of ketones is 1. The van der Waals surface area contributed by atoms with Gasteiger partial charge in [-0.2, -0.15) is 0 Å². The molecule has 2 heterocycles. The van der Waals surface area contributed by atoms with Crippen molar-refractivity contribution >= 4 is 28.7 Å². The minimum Gasteiger partial charge on any atom is -0.497 e. The van der Waals surface area contributed by atoms with E-state index in [0.717, 1.165) is 22.2 Å². The summed E-state index contributed by atoms with van der Waals surface area (Å²) in [5, 5.41) is 9.97. The lowest BCUT2D eigenvalue weighted by atomic mass is 10.2. The Morgan fingerprint density at radius 2 is 1.85 bits per heavy atom. The number of carbonyl (C=O) groups excluding carboxylic acids is 1. The van der Waals surface area contributed by atoms with Gasteiger partial charge in [-0.15, -0.1) is 0 Å². The number of aryl methyl sites for hydroxylation is 1. The topological polar surface area (TPSA) is 82.7 Å². The number of methoxy groups -OCH3 is 1. The number of fused-ring (bicyclic) bond motifs is 1. The van der Waals surface area contributed by atoms with Crippen LogP contribution in [-0.4, -0.2) is 39.2 Å². The summed E-state index contributed by atoms with van der Waals surface area (Å²) in [7, 11) is 3.51. The maximum absolute atomic E-state index is 13.3. The number of benzene rings is 2. The summed E-state index contributed by atoms with van der Waals surface area (Å²) in [4.78, 5) is 24.4. The van der Waals surface area contributed by atoms with Crippen LogP contribution < -0.4 is 9.47 Å². The van der Waals surface area contributed by atoms with Gasteiger partial charge in [0, 0.05) is 30.7 Å². The maximum atomic E-state index is 13.3. The van der Waals surface area contributed by atoms with Crippen LogP contribution in [0.2, 0.25) is 0 Å². The molecule has 0 saturated heterocycles. The van der Waals surface area contributed by atoms with Crippen LogP contribution in [0.3, 0.4) is 0 Å². The number of hydrogen-bond acceptors (Lipinski definition) is 4. The second kappa shape index (κ2) is 9.70. The molecule has 0 unspecified atom stereocenters. The molecule has 0 amide bonds. The maximum Gasteiger partial charge on any atom is 0.344 e. The van der Waals surface area contributed by atoms with Crippen LogP contribution in [0, 0.1) is 0 Å². The van der Waals surface area contributed by atoms with Gasteiger partial charge in [-0.25, -0.2) is 4.79 Å². The summed E-state index contributed by atoms with van der Waals surface area (Å²) in [6.07, 6.45) is 4.80. The van der Waals surface area contributed by atoms with Crippen LogP contribution in [-0.2, 0) is 18.4 Å². The number of carbonyl (C=O) groups is 2. The van der Waals surface area contributed by atoms with Crippen LogP contribution in [0.1, 0.15) is 28.7 Å². The first-order chi connectivity index (χ1) is 16.4. The Bertz CT molecular complexity index is 1380. The fraction of sp³-hybridized carbons (Fsp3) is 0.185. The SMILES string of the molecule is COc1ccc2c(c1)cc(C(=O)c1cccn1C/C=C/c1cccc(O[C@@H](C)C(=O)O)c1)n2C. The van der Waals surface area contributed by atoms with Gasteiger partial charge in [-0.05, 0) is 61.0 Å². The third-order valence-corrected chi connectivity index (χ3v) is 5.68. The van der Waals surface area contributed by atoms with Gasteiger partial charge < -0.3 is 23.7 Å². The summed E-state index contributed by atoms with van der Waals surface area (Å²) in [5.74, 6) is 0.156. The Morgan fingerprint density at radius 1 is 1.03 bits per heavy atom. The van der Waals surface area contributed by atoms with Crippen molar-refractivity contribution in [1.29, 1.82) is 0 Å². The second-order valence-electron chi connectivity index (χ2n) is 7.96. The molecule has 0 fully saturated rings. The Balaban J connectivity index is 1.51. The Labute approximate surface area is 197 Å². The normalized spacial score (nSPS) is 12.2. The van der Waals surface area contributed by atoms with Crippen LogP contribution >= 0.6 is 0 Å². The number of nitrogens with zero attached hydrogens (tertiary/aromatic N) is 2. The van der Waals surface area contributed by atoms with Gasteiger partial charge in [0.1, 0.15) is 11.5 Å². The standard InChI is InChI=1S/C27H26N2O5/c1-18(27(31)32)34-22-9-4-7-19(15-22)8-5-13-29-14-6-10-24(29)26(30)25-17-20-16-21(33-3)11-12-23(20)28(25)2/h4-12,14-18H,13H2,1-3H3,(H,31,32)/b8-5+/t18-/m0/s1. The van der Waals surface area contributed by atoms with Crippen molar-refractivity contribution in [3.63, 3.8) is 0 Å². The number of aliphatic carboxylic acids is 1. The first-order valence-electron chi connectivity index (χ1n) is 10.9. The third-order valence-electron chi connectivity index (χ3n) is 5.68. The van der Waals surface area contributed by atoms with Gasteiger partial charge in [0.2, 0.25) is 5.78 Å². The van der Waals surface area contributed by atoms with Crippen LogP contribution in [0.5, 0.6) is 11.5 Å². The highest BCUT2D eigenvalue weighted by atomic mass is 16.5. The second-order valence-corrected chi connectivity index (χ2v) is 7.96. The number of rotatable bonds is 9. The molecule has 0 saturated carbocycles. The molecule has 34 heavy (non-hydrogen) atoms. The predicted molar refractivity (Wildman–Crippen MR) is 131 cm³/mol. The molecule has 0 aliphatic rings. The highest BCUT2D eigenvalue weighted by molar-refractivity contribution is 6.09. The lowest BCUT2D eigenvalue weighted by molar-refractivity contribution is -0.144. The minimum atomic E-state index is -1.02. The molecule has 7 nitrogen and oxygen atoms in total. The number of ether oxygens (including phenoxy) is 2. The van der Waals surface area contributed by atoms with Crippen molar-refractivity contribution in [2.75, 3.05) is 7.11 Å². The predicted octanol–water partition coefficient (Wildman–Crippen LogP) is 4.78. The van der Waals surface area contributed by atoms with Crippen LogP contribution in [0.15, 0.2) is 72.9 Å². The van der Waals surface area contributed by atoms with Gasteiger partial charge >= 0.3 is 5.97 Å². The zero-order valence-electron chi connectivity index (χ0n) is 19.3. The molecular weight excluding hydrogens is 432 g/mol. The van der Waals surface area contributed by atoms with Gasteiger partial charge in [0.05, 0.1) is 18.5 Å². The molecule has 0 aliphatic carbocycles.